The summed E-state index contributed by atoms with van der Waals surface area (Å²) in [6.07, 6.45) is 0.565. The van der Waals surface area contributed by atoms with E-state index in [2.05, 4.69) is 5.32 Å². The normalized spacial score (nSPS) is 42.6. The maximum absolute atomic E-state index is 12.2. The van der Waals surface area contributed by atoms with Crippen LogP contribution < -0.4 is 5.32 Å². The molecule has 7 nitrogen and oxygen atoms in total. The van der Waals surface area contributed by atoms with Crippen LogP contribution in [0.2, 0.25) is 0 Å². The Morgan fingerprint density at radius 2 is 1.88 bits per heavy atom. The Bertz CT molecular complexity index is 783. The molecule has 3 heterocycles. The second kappa shape index (κ2) is 5.47. The number of nitrogens with one attached hydrogen (secondary N) is 1. The molecule has 0 radical (unpaired) electrons. The molecule has 1 aromatic rings. The molecule has 1 amide bonds. The average molecular weight is 357 g/mol. The molecular formula is C19H19NO6. The minimum atomic E-state index is -1.16. The number of ketones is 1. The zero-order chi connectivity index (χ0) is 18.1. The van der Waals surface area contributed by atoms with Gasteiger partial charge in [-0.2, -0.15) is 0 Å². The van der Waals surface area contributed by atoms with Gasteiger partial charge in [0.25, 0.3) is 0 Å². The lowest BCUT2D eigenvalue weighted by Crippen LogP contribution is -2.49. The van der Waals surface area contributed by atoms with Gasteiger partial charge < -0.3 is 24.6 Å². The van der Waals surface area contributed by atoms with Crippen LogP contribution in [0.25, 0.3) is 6.08 Å². The molecule has 5 rings (SSSR count). The van der Waals surface area contributed by atoms with E-state index in [1.807, 2.05) is 31.2 Å². The second-order valence-electron chi connectivity index (χ2n) is 7.38. The third-order valence-electron chi connectivity index (χ3n) is 5.56. The van der Waals surface area contributed by atoms with Crippen molar-refractivity contribution in [3.05, 3.63) is 41.5 Å². The third-order valence-corrected chi connectivity index (χ3v) is 5.56. The van der Waals surface area contributed by atoms with Gasteiger partial charge in [0.2, 0.25) is 5.91 Å². The summed E-state index contributed by atoms with van der Waals surface area (Å²) >= 11 is 0. The molecule has 4 aliphatic rings. The van der Waals surface area contributed by atoms with E-state index in [-0.39, 0.29) is 11.7 Å². The number of fused-ring (bicyclic) bond motifs is 4. The predicted molar refractivity (Wildman–Crippen MR) is 88.9 cm³/mol. The van der Waals surface area contributed by atoms with Crippen LogP contribution in [0.4, 0.5) is 0 Å². The van der Waals surface area contributed by atoms with Crippen LogP contribution in [-0.2, 0) is 23.8 Å². The fraction of sp³-hybridized carbons (Fsp3) is 0.474. The second-order valence-corrected chi connectivity index (χ2v) is 7.38. The van der Waals surface area contributed by atoms with Crippen LogP contribution in [0.15, 0.2) is 30.3 Å². The van der Waals surface area contributed by atoms with Gasteiger partial charge in [-0.25, -0.2) is 0 Å². The number of hydrogen-bond acceptors (Lipinski definition) is 6. The standard InChI is InChI=1S/C19H19NO6/c1-9-2-4-10(5-3-9)6-7-12(21)20-11-8-19(26-18(11)23)16-14(24-16)13(22)15-17(19)25-15/h2-7,11,14-18,23H,8H2,1H3,(H,20,21)/b7-6+/t11-,14-,15+,16-,17+,18+,19?/m0/s1. The molecule has 3 aliphatic heterocycles. The van der Waals surface area contributed by atoms with Gasteiger partial charge in [-0.1, -0.05) is 29.8 Å². The first-order valence-corrected chi connectivity index (χ1v) is 8.74. The highest BCUT2D eigenvalue weighted by Crippen LogP contribution is 2.57. The maximum Gasteiger partial charge on any atom is 0.244 e. The number of carbonyl (C=O) groups excluding carboxylic acids is 2. The molecule has 1 aromatic carbocycles. The summed E-state index contributed by atoms with van der Waals surface area (Å²) in [4.78, 5) is 24.1. The number of ether oxygens (including phenoxy) is 3. The van der Waals surface area contributed by atoms with Crippen LogP contribution in [0.5, 0.6) is 0 Å². The summed E-state index contributed by atoms with van der Waals surface area (Å²) in [5.41, 5.74) is 1.22. The van der Waals surface area contributed by atoms with Crippen LogP contribution in [0, 0.1) is 6.92 Å². The number of benzene rings is 1. The van der Waals surface area contributed by atoms with E-state index < -0.39 is 42.3 Å². The van der Waals surface area contributed by atoms with Crippen LogP contribution in [-0.4, -0.2) is 59.1 Å². The summed E-state index contributed by atoms with van der Waals surface area (Å²) in [6.45, 7) is 2.00. The van der Waals surface area contributed by atoms with Gasteiger partial charge in [-0.15, -0.1) is 0 Å². The summed E-state index contributed by atoms with van der Waals surface area (Å²) in [5, 5.41) is 13.0. The fourth-order valence-corrected chi connectivity index (χ4v) is 4.09. The third kappa shape index (κ3) is 2.43. The van der Waals surface area contributed by atoms with E-state index in [1.165, 1.54) is 6.08 Å². The number of rotatable bonds is 3. The lowest BCUT2D eigenvalue weighted by molar-refractivity contribution is -0.159. The molecule has 0 aromatic heterocycles. The van der Waals surface area contributed by atoms with Gasteiger partial charge in [0.05, 0.1) is 6.04 Å². The van der Waals surface area contributed by atoms with Crippen molar-refractivity contribution in [3.8, 4) is 0 Å². The van der Waals surface area contributed by atoms with E-state index >= 15 is 0 Å². The van der Waals surface area contributed by atoms with E-state index in [9.17, 15) is 14.7 Å². The first-order valence-electron chi connectivity index (χ1n) is 8.74. The Labute approximate surface area is 149 Å². The zero-order valence-electron chi connectivity index (χ0n) is 14.1. The van der Waals surface area contributed by atoms with Crippen molar-refractivity contribution in [1.82, 2.24) is 5.32 Å². The summed E-state index contributed by atoms with van der Waals surface area (Å²) in [6, 6.07) is 7.22. The largest absolute Gasteiger partial charge is 0.366 e. The van der Waals surface area contributed by atoms with Crippen LogP contribution in [0.3, 0.4) is 0 Å². The number of aliphatic hydroxyl groups is 1. The Morgan fingerprint density at radius 1 is 1.23 bits per heavy atom. The van der Waals surface area contributed by atoms with Crippen molar-refractivity contribution >= 4 is 17.8 Å². The number of Topliss-reactive ketones (excluding diaryl/α,β-unsaturated/α-hetero) is 1. The molecule has 0 bridgehead atoms. The molecule has 1 spiro atoms. The Balaban J connectivity index is 1.25. The molecule has 1 aliphatic carbocycles. The molecule has 1 saturated carbocycles. The summed E-state index contributed by atoms with van der Waals surface area (Å²) in [7, 11) is 0. The van der Waals surface area contributed by atoms with Crippen LogP contribution >= 0.6 is 0 Å². The van der Waals surface area contributed by atoms with Gasteiger partial charge in [0.1, 0.15) is 30.0 Å². The minimum Gasteiger partial charge on any atom is -0.366 e. The Morgan fingerprint density at radius 3 is 2.54 bits per heavy atom. The quantitative estimate of drug-likeness (QED) is 0.587. The molecular weight excluding hydrogens is 338 g/mol. The Hall–Kier alpha value is -2.06. The number of aryl methyl sites for hydroxylation is 1. The number of amides is 1. The maximum atomic E-state index is 12.2. The van der Waals surface area contributed by atoms with E-state index in [0.717, 1.165) is 11.1 Å². The lowest BCUT2D eigenvalue weighted by atomic mass is 9.81. The predicted octanol–water partition coefficient (Wildman–Crippen LogP) is 0.0880. The van der Waals surface area contributed by atoms with Crippen molar-refractivity contribution in [3.63, 3.8) is 0 Å². The fourth-order valence-electron chi connectivity index (χ4n) is 4.09. The van der Waals surface area contributed by atoms with E-state index in [1.54, 1.807) is 6.08 Å². The van der Waals surface area contributed by atoms with Gasteiger partial charge in [0.15, 0.2) is 12.1 Å². The molecule has 136 valence electrons. The van der Waals surface area contributed by atoms with Crippen molar-refractivity contribution < 1.29 is 28.9 Å². The highest BCUT2D eigenvalue weighted by atomic mass is 16.7. The number of aliphatic hydroxyl groups excluding tert-OH is 1. The molecule has 4 fully saturated rings. The van der Waals surface area contributed by atoms with Crippen molar-refractivity contribution in [2.75, 3.05) is 0 Å². The lowest BCUT2D eigenvalue weighted by Gasteiger charge is -2.26. The molecule has 3 saturated heterocycles. The smallest absolute Gasteiger partial charge is 0.244 e. The minimum absolute atomic E-state index is 0.0442. The van der Waals surface area contributed by atoms with Crippen LogP contribution in [0.1, 0.15) is 17.5 Å². The summed E-state index contributed by atoms with van der Waals surface area (Å²) in [5.74, 6) is -0.360. The highest BCUT2D eigenvalue weighted by molar-refractivity contribution is 5.95. The van der Waals surface area contributed by atoms with Gasteiger partial charge >= 0.3 is 0 Å². The first-order chi connectivity index (χ1) is 12.5. The Kier molecular flexibility index (Phi) is 3.39. The first kappa shape index (κ1) is 16.1. The van der Waals surface area contributed by atoms with E-state index in [0.29, 0.717) is 6.42 Å². The molecule has 1 unspecified atom stereocenters. The zero-order valence-corrected chi connectivity index (χ0v) is 14.1. The monoisotopic (exact) mass is 357 g/mol. The van der Waals surface area contributed by atoms with E-state index in [4.69, 9.17) is 14.2 Å². The summed E-state index contributed by atoms with van der Waals surface area (Å²) < 4.78 is 16.7. The van der Waals surface area contributed by atoms with Crippen molar-refractivity contribution in [2.24, 2.45) is 0 Å². The van der Waals surface area contributed by atoms with Gasteiger partial charge in [-0.3, -0.25) is 9.59 Å². The molecule has 26 heavy (non-hydrogen) atoms. The average Bonchev–Trinajstić information content (AvgIpc) is 3.51. The van der Waals surface area contributed by atoms with Gasteiger partial charge in [0, 0.05) is 12.5 Å². The van der Waals surface area contributed by atoms with Gasteiger partial charge in [-0.05, 0) is 18.6 Å². The topological polar surface area (TPSA) is 101 Å². The van der Waals surface area contributed by atoms with Crippen molar-refractivity contribution in [1.29, 1.82) is 0 Å². The molecule has 2 N–H and O–H groups in total. The SMILES string of the molecule is Cc1ccc(/C=C/C(=O)N[C@H]2CC3(O[C@H]2O)[C@@H]2O[C@@H]2C(=O)[C@@H]2O[C@@H]23)cc1. The van der Waals surface area contributed by atoms with Crippen molar-refractivity contribution in [2.45, 2.75) is 55.7 Å². The number of carbonyl (C=O) groups is 2. The highest BCUT2D eigenvalue weighted by Gasteiger charge is 2.79. The number of hydrogen-bond donors (Lipinski definition) is 2. The molecule has 7 heteroatoms. The number of epoxide rings is 2. The molecule has 7 atom stereocenters.